The van der Waals surface area contributed by atoms with Gasteiger partial charge in [-0.25, -0.2) is 4.39 Å². The number of halogens is 1. The fourth-order valence-corrected chi connectivity index (χ4v) is 1.62. The smallest absolute Gasteiger partial charge is 0.228 e. The van der Waals surface area contributed by atoms with E-state index in [-0.39, 0.29) is 18.1 Å². The molecule has 0 unspecified atom stereocenters. The van der Waals surface area contributed by atoms with Crippen LogP contribution in [0.3, 0.4) is 0 Å². The van der Waals surface area contributed by atoms with E-state index in [1.165, 1.54) is 12.1 Å². The van der Waals surface area contributed by atoms with E-state index in [1.54, 1.807) is 24.5 Å². The van der Waals surface area contributed by atoms with Crippen molar-refractivity contribution in [2.24, 2.45) is 0 Å². The predicted molar refractivity (Wildman–Crippen MR) is 67.7 cm³/mol. The highest BCUT2D eigenvalue weighted by molar-refractivity contribution is 5.92. The Labute approximate surface area is 105 Å². The zero-order chi connectivity index (χ0) is 13.0. The van der Waals surface area contributed by atoms with E-state index in [4.69, 9.17) is 0 Å². The Balaban J connectivity index is 1.98. The van der Waals surface area contributed by atoms with Gasteiger partial charge in [-0.05, 0) is 36.2 Å². The third-order valence-corrected chi connectivity index (χ3v) is 2.44. The molecule has 0 fully saturated rings. The molecule has 0 aliphatic heterocycles. The molecule has 0 aliphatic carbocycles. The molecule has 1 amide bonds. The molecule has 0 radical (unpaired) electrons. The van der Waals surface area contributed by atoms with E-state index < -0.39 is 0 Å². The minimum Gasteiger partial charge on any atom is -0.324 e. The molecule has 0 spiro atoms. The third kappa shape index (κ3) is 3.38. The van der Waals surface area contributed by atoms with Crippen LogP contribution in [-0.4, -0.2) is 10.9 Å². The number of pyridine rings is 1. The fourth-order valence-electron chi connectivity index (χ4n) is 1.62. The Morgan fingerprint density at radius 2 is 2.00 bits per heavy atom. The minimum absolute atomic E-state index is 0.144. The number of carbonyl (C=O) groups excluding carboxylic acids is 1. The average Bonchev–Trinajstić information content (AvgIpc) is 2.32. The second-order valence-electron chi connectivity index (χ2n) is 4.10. The summed E-state index contributed by atoms with van der Waals surface area (Å²) in [6.45, 7) is 1.91. The minimum atomic E-state index is -0.304. The molecule has 92 valence electrons. The number of aromatic nitrogens is 1. The van der Waals surface area contributed by atoms with Gasteiger partial charge in [-0.2, -0.15) is 0 Å². The summed E-state index contributed by atoms with van der Waals surface area (Å²) in [5.41, 5.74) is 2.42. The number of nitrogens with zero attached hydrogens (tertiary/aromatic N) is 1. The van der Waals surface area contributed by atoms with Gasteiger partial charge in [-0.15, -0.1) is 0 Å². The van der Waals surface area contributed by atoms with E-state index in [9.17, 15) is 9.18 Å². The molecular formula is C14H13FN2O. The van der Waals surface area contributed by atoms with Gasteiger partial charge < -0.3 is 5.32 Å². The second-order valence-corrected chi connectivity index (χ2v) is 4.10. The number of amides is 1. The number of carbonyl (C=O) groups is 1. The van der Waals surface area contributed by atoms with E-state index in [1.807, 2.05) is 13.0 Å². The van der Waals surface area contributed by atoms with Crippen molar-refractivity contribution in [1.82, 2.24) is 4.98 Å². The van der Waals surface area contributed by atoms with Crippen molar-refractivity contribution < 1.29 is 9.18 Å². The van der Waals surface area contributed by atoms with Crippen molar-refractivity contribution in [3.05, 3.63) is 59.7 Å². The normalized spacial score (nSPS) is 10.1. The summed E-state index contributed by atoms with van der Waals surface area (Å²) < 4.78 is 12.7. The van der Waals surface area contributed by atoms with Crippen LogP contribution in [0.2, 0.25) is 0 Å². The standard InChI is InChI=1S/C14H13FN2O/c1-10-6-13(9-16-8-10)17-14(18)7-11-2-4-12(15)5-3-11/h2-6,8-9H,7H2,1H3,(H,17,18). The summed E-state index contributed by atoms with van der Waals surface area (Å²) >= 11 is 0. The largest absolute Gasteiger partial charge is 0.324 e. The van der Waals surface area contributed by atoms with Crippen LogP contribution in [0.4, 0.5) is 10.1 Å². The number of hydrogen-bond donors (Lipinski definition) is 1. The Morgan fingerprint density at radius 1 is 1.28 bits per heavy atom. The van der Waals surface area contributed by atoms with Crippen LogP contribution in [0.25, 0.3) is 0 Å². The molecule has 0 atom stereocenters. The van der Waals surface area contributed by atoms with Crippen molar-refractivity contribution in [1.29, 1.82) is 0 Å². The van der Waals surface area contributed by atoms with Gasteiger partial charge in [-0.3, -0.25) is 9.78 Å². The first-order chi connectivity index (χ1) is 8.63. The lowest BCUT2D eigenvalue weighted by Crippen LogP contribution is -2.14. The zero-order valence-corrected chi connectivity index (χ0v) is 9.98. The van der Waals surface area contributed by atoms with Gasteiger partial charge in [0, 0.05) is 6.20 Å². The quantitative estimate of drug-likeness (QED) is 0.902. The van der Waals surface area contributed by atoms with Crippen molar-refractivity contribution in [2.75, 3.05) is 5.32 Å². The average molecular weight is 244 g/mol. The zero-order valence-electron chi connectivity index (χ0n) is 9.98. The van der Waals surface area contributed by atoms with E-state index in [0.29, 0.717) is 5.69 Å². The number of rotatable bonds is 3. The Morgan fingerprint density at radius 3 is 2.67 bits per heavy atom. The van der Waals surface area contributed by atoms with Crippen molar-refractivity contribution >= 4 is 11.6 Å². The first kappa shape index (κ1) is 12.2. The van der Waals surface area contributed by atoms with Crippen LogP contribution in [0.5, 0.6) is 0 Å². The summed E-state index contributed by atoms with van der Waals surface area (Å²) in [5, 5.41) is 2.75. The molecule has 0 aliphatic rings. The number of aryl methyl sites for hydroxylation is 1. The van der Waals surface area contributed by atoms with Crippen molar-refractivity contribution in [2.45, 2.75) is 13.3 Å². The molecule has 2 aromatic rings. The molecule has 2 rings (SSSR count). The molecular weight excluding hydrogens is 231 g/mol. The maximum Gasteiger partial charge on any atom is 0.228 e. The monoisotopic (exact) mass is 244 g/mol. The van der Waals surface area contributed by atoms with Crippen LogP contribution in [0.1, 0.15) is 11.1 Å². The van der Waals surface area contributed by atoms with Gasteiger partial charge in [0.1, 0.15) is 5.82 Å². The molecule has 0 saturated heterocycles. The lowest BCUT2D eigenvalue weighted by molar-refractivity contribution is -0.115. The van der Waals surface area contributed by atoms with Crippen LogP contribution in [-0.2, 0) is 11.2 Å². The first-order valence-electron chi connectivity index (χ1n) is 5.59. The Kier molecular flexibility index (Phi) is 3.67. The maximum atomic E-state index is 12.7. The first-order valence-corrected chi connectivity index (χ1v) is 5.59. The number of benzene rings is 1. The highest BCUT2D eigenvalue weighted by Gasteiger charge is 2.04. The van der Waals surface area contributed by atoms with Crippen LogP contribution in [0.15, 0.2) is 42.7 Å². The van der Waals surface area contributed by atoms with Crippen molar-refractivity contribution in [3.63, 3.8) is 0 Å². The van der Waals surface area contributed by atoms with Gasteiger partial charge in [0.05, 0.1) is 18.3 Å². The summed E-state index contributed by atoms with van der Waals surface area (Å²) in [7, 11) is 0. The van der Waals surface area contributed by atoms with Crippen LogP contribution in [0, 0.1) is 12.7 Å². The molecule has 1 heterocycles. The fraction of sp³-hybridized carbons (Fsp3) is 0.143. The summed E-state index contributed by atoms with van der Waals surface area (Å²) in [6.07, 6.45) is 3.53. The molecule has 18 heavy (non-hydrogen) atoms. The number of anilines is 1. The molecule has 0 bridgehead atoms. The van der Waals surface area contributed by atoms with E-state index in [2.05, 4.69) is 10.3 Å². The van der Waals surface area contributed by atoms with Crippen LogP contribution < -0.4 is 5.32 Å². The van der Waals surface area contributed by atoms with Crippen molar-refractivity contribution in [3.8, 4) is 0 Å². The summed E-state index contributed by atoms with van der Waals surface area (Å²) in [4.78, 5) is 15.7. The number of hydrogen-bond acceptors (Lipinski definition) is 2. The Hall–Kier alpha value is -2.23. The van der Waals surface area contributed by atoms with Crippen LogP contribution >= 0.6 is 0 Å². The molecule has 1 aromatic carbocycles. The maximum absolute atomic E-state index is 12.7. The highest BCUT2D eigenvalue weighted by Crippen LogP contribution is 2.09. The Bertz CT molecular complexity index is 552. The van der Waals surface area contributed by atoms with E-state index in [0.717, 1.165) is 11.1 Å². The SMILES string of the molecule is Cc1cncc(NC(=O)Cc2ccc(F)cc2)c1. The molecule has 0 saturated carbocycles. The van der Waals surface area contributed by atoms with Gasteiger partial charge in [-0.1, -0.05) is 12.1 Å². The molecule has 1 N–H and O–H groups in total. The number of nitrogens with one attached hydrogen (secondary N) is 1. The van der Waals surface area contributed by atoms with E-state index >= 15 is 0 Å². The molecule has 4 heteroatoms. The lowest BCUT2D eigenvalue weighted by Gasteiger charge is -2.05. The molecule has 3 nitrogen and oxygen atoms in total. The summed E-state index contributed by atoms with van der Waals surface area (Å²) in [6, 6.07) is 7.73. The third-order valence-electron chi connectivity index (χ3n) is 2.44. The predicted octanol–water partition coefficient (Wildman–Crippen LogP) is 2.71. The van der Waals surface area contributed by atoms with Gasteiger partial charge >= 0.3 is 0 Å². The van der Waals surface area contributed by atoms with Gasteiger partial charge in [0.2, 0.25) is 5.91 Å². The molecule has 1 aromatic heterocycles. The lowest BCUT2D eigenvalue weighted by atomic mass is 10.1. The topological polar surface area (TPSA) is 42.0 Å². The van der Waals surface area contributed by atoms with Gasteiger partial charge in [0.25, 0.3) is 0 Å². The van der Waals surface area contributed by atoms with Gasteiger partial charge in [0.15, 0.2) is 0 Å². The summed E-state index contributed by atoms with van der Waals surface area (Å²) in [5.74, 6) is -0.448. The second kappa shape index (κ2) is 5.40. The highest BCUT2D eigenvalue weighted by atomic mass is 19.1.